The van der Waals surface area contributed by atoms with Crippen molar-refractivity contribution in [3.63, 3.8) is 0 Å². The van der Waals surface area contributed by atoms with Crippen molar-refractivity contribution in [1.82, 2.24) is 0 Å². The minimum atomic E-state index is -0.294. The van der Waals surface area contributed by atoms with E-state index in [9.17, 15) is 0 Å². The molecule has 0 aromatic rings. The van der Waals surface area contributed by atoms with Crippen LogP contribution in [0.3, 0.4) is 0 Å². The van der Waals surface area contributed by atoms with Crippen molar-refractivity contribution in [2.75, 3.05) is 0 Å². The first-order valence-electron chi connectivity index (χ1n) is 3.04. The Hall–Kier alpha value is 0.507. The van der Waals surface area contributed by atoms with Gasteiger partial charge in [-0.3, -0.25) is 0 Å². The SMILES string of the molecule is CC([SiH2]Cl)C(C)(C)C. The Bertz CT molecular complexity index is 65.4. The van der Waals surface area contributed by atoms with E-state index in [1.165, 1.54) is 0 Å². The van der Waals surface area contributed by atoms with Gasteiger partial charge in [0.15, 0.2) is 0 Å². The van der Waals surface area contributed by atoms with E-state index in [2.05, 4.69) is 27.7 Å². The van der Waals surface area contributed by atoms with Crippen LogP contribution in [0.15, 0.2) is 0 Å². The molecule has 1 unspecified atom stereocenters. The van der Waals surface area contributed by atoms with Crippen molar-refractivity contribution in [3.8, 4) is 0 Å². The highest BCUT2D eigenvalue weighted by molar-refractivity contribution is 6.94. The molecule has 0 nitrogen and oxygen atoms in total. The molecule has 0 aliphatic heterocycles. The van der Waals surface area contributed by atoms with Gasteiger partial charge in [0.25, 0.3) is 0 Å². The van der Waals surface area contributed by atoms with E-state index >= 15 is 0 Å². The van der Waals surface area contributed by atoms with Crippen LogP contribution in [-0.4, -0.2) is 8.83 Å². The molecule has 0 aliphatic carbocycles. The highest BCUT2D eigenvalue weighted by Gasteiger charge is 2.18. The maximum Gasteiger partial charge on any atom is 0.128 e. The van der Waals surface area contributed by atoms with Crippen molar-refractivity contribution in [3.05, 3.63) is 0 Å². The van der Waals surface area contributed by atoms with Crippen LogP contribution in [0.5, 0.6) is 0 Å². The first-order valence-corrected chi connectivity index (χ1v) is 6.00. The Morgan fingerprint density at radius 3 is 1.75 bits per heavy atom. The summed E-state index contributed by atoms with van der Waals surface area (Å²) in [5, 5.41) is 0. The van der Waals surface area contributed by atoms with Crippen LogP contribution in [0.4, 0.5) is 0 Å². The monoisotopic (exact) mass is 150 g/mol. The van der Waals surface area contributed by atoms with Gasteiger partial charge in [-0.15, -0.1) is 0 Å². The summed E-state index contributed by atoms with van der Waals surface area (Å²) in [6.07, 6.45) is 0. The fourth-order valence-corrected chi connectivity index (χ4v) is 2.08. The zero-order chi connectivity index (χ0) is 6.78. The molecule has 0 bridgehead atoms. The summed E-state index contributed by atoms with van der Waals surface area (Å²) < 4.78 is 0. The van der Waals surface area contributed by atoms with Gasteiger partial charge in [-0.1, -0.05) is 27.7 Å². The van der Waals surface area contributed by atoms with E-state index in [-0.39, 0.29) is 8.83 Å². The van der Waals surface area contributed by atoms with Crippen LogP contribution in [-0.2, 0) is 0 Å². The number of hydrogen-bond acceptors (Lipinski definition) is 0. The van der Waals surface area contributed by atoms with Crippen molar-refractivity contribution < 1.29 is 0 Å². The molecule has 0 rings (SSSR count). The normalized spacial score (nSPS) is 17.6. The molecule has 8 heavy (non-hydrogen) atoms. The summed E-state index contributed by atoms with van der Waals surface area (Å²) in [7, 11) is -0.294. The van der Waals surface area contributed by atoms with Crippen LogP contribution in [0.25, 0.3) is 0 Å². The molecule has 2 heteroatoms. The summed E-state index contributed by atoms with van der Waals surface area (Å²) in [5.74, 6) is 0. The molecule has 0 spiro atoms. The van der Waals surface area contributed by atoms with Gasteiger partial charge < -0.3 is 0 Å². The van der Waals surface area contributed by atoms with E-state index in [0.29, 0.717) is 5.41 Å². The van der Waals surface area contributed by atoms with Crippen molar-refractivity contribution >= 4 is 19.9 Å². The number of hydrogen-bond donors (Lipinski definition) is 0. The third-order valence-electron chi connectivity index (χ3n) is 1.71. The van der Waals surface area contributed by atoms with Crippen LogP contribution < -0.4 is 0 Å². The molecule has 0 fully saturated rings. The van der Waals surface area contributed by atoms with Gasteiger partial charge in [0.05, 0.1) is 0 Å². The molecule has 50 valence electrons. The lowest BCUT2D eigenvalue weighted by Crippen LogP contribution is -2.14. The molecular formula is C6H15ClSi. The predicted octanol–water partition coefficient (Wildman–Crippen LogP) is 2.16. The quantitative estimate of drug-likeness (QED) is 0.397. The fraction of sp³-hybridized carbons (Fsp3) is 1.00. The molecule has 0 N–H and O–H groups in total. The van der Waals surface area contributed by atoms with Gasteiger partial charge in [0, 0.05) is 0 Å². The zero-order valence-electron chi connectivity index (χ0n) is 6.16. The number of rotatable bonds is 1. The lowest BCUT2D eigenvalue weighted by molar-refractivity contribution is 0.397. The van der Waals surface area contributed by atoms with Crippen molar-refractivity contribution in [2.24, 2.45) is 5.41 Å². The first-order chi connectivity index (χ1) is 3.48. The maximum absolute atomic E-state index is 5.78. The largest absolute Gasteiger partial charge is 0.176 e. The third kappa shape index (κ3) is 2.73. The molecule has 0 aliphatic rings. The van der Waals surface area contributed by atoms with Crippen molar-refractivity contribution in [2.45, 2.75) is 33.2 Å². The summed E-state index contributed by atoms with van der Waals surface area (Å²) >= 11 is 5.78. The predicted molar refractivity (Wildman–Crippen MR) is 43.3 cm³/mol. The molecule has 0 aromatic heterocycles. The molecule has 0 heterocycles. The minimum Gasteiger partial charge on any atom is -0.176 e. The summed E-state index contributed by atoms with van der Waals surface area (Å²) in [6, 6.07) is 0. The van der Waals surface area contributed by atoms with Gasteiger partial charge in [0.1, 0.15) is 8.83 Å². The first kappa shape index (κ1) is 8.51. The lowest BCUT2D eigenvalue weighted by Gasteiger charge is -2.24. The Balaban J connectivity index is 3.62. The smallest absolute Gasteiger partial charge is 0.128 e. The zero-order valence-corrected chi connectivity index (χ0v) is 8.33. The Morgan fingerprint density at radius 1 is 1.38 bits per heavy atom. The maximum atomic E-state index is 5.78. The Kier molecular flexibility index (Phi) is 3.06. The average molecular weight is 151 g/mol. The average Bonchev–Trinajstić information content (AvgIpc) is 1.62. The Morgan fingerprint density at radius 2 is 1.75 bits per heavy atom. The molecule has 0 saturated heterocycles. The Labute approximate surface area is 59.1 Å². The topological polar surface area (TPSA) is 0 Å². The molecule has 0 radical (unpaired) electrons. The molecule has 0 saturated carbocycles. The molecule has 1 atom stereocenters. The van der Waals surface area contributed by atoms with E-state index in [1.54, 1.807) is 0 Å². The second-order valence-corrected chi connectivity index (χ2v) is 5.88. The summed E-state index contributed by atoms with van der Waals surface area (Å²) in [6.45, 7) is 8.96. The third-order valence-corrected chi connectivity index (χ3v) is 4.79. The van der Waals surface area contributed by atoms with Crippen LogP contribution in [0.2, 0.25) is 5.54 Å². The highest BCUT2D eigenvalue weighted by Crippen LogP contribution is 2.29. The minimum absolute atomic E-state index is 0.294. The van der Waals surface area contributed by atoms with Crippen LogP contribution in [0.1, 0.15) is 27.7 Å². The van der Waals surface area contributed by atoms with E-state index in [1.807, 2.05) is 0 Å². The van der Waals surface area contributed by atoms with Gasteiger partial charge >= 0.3 is 0 Å². The van der Waals surface area contributed by atoms with Gasteiger partial charge in [-0.05, 0) is 11.0 Å². The molecular weight excluding hydrogens is 136 g/mol. The van der Waals surface area contributed by atoms with Crippen LogP contribution >= 0.6 is 11.1 Å². The van der Waals surface area contributed by atoms with Crippen LogP contribution in [0, 0.1) is 5.41 Å². The molecule has 0 aromatic carbocycles. The van der Waals surface area contributed by atoms with E-state index in [0.717, 1.165) is 5.54 Å². The van der Waals surface area contributed by atoms with Gasteiger partial charge in [-0.25, -0.2) is 0 Å². The van der Waals surface area contributed by atoms with E-state index < -0.39 is 0 Å². The van der Waals surface area contributed by atoms with E-state index in [4.69, 9.17) is 11.1 Å². The summed E-state index contributed by atoms with van der Waals surface area (Å²) in [4.78, 5) is 0. The second-order valence-electron chi connectivity index (χ2n) is 3.42. The standard InChI is InChI=1S/C6H15ClSi/c1-5(8-7)6(2,3)4/h5H,8H2,1-4H3. The second kappa shape index (κ2) is 2.88. The summed E-state index contributed by atoms with van der Waals surface area (Å²) in [5.41, 5.74) is 1.19. The number of halogens is 1. The van der Waals surface area contributed by atoms with Gasteiger partial charge in [0.2, 0.25) is 0 Å². The van der Waals surface area contributed by atoms with Crippen molar-refractivity contribution in [1.29, 1.82) is 0 Å². The highest BCUT2D eigenvalue weighted by atomic mass is 35.6. The lowest BCUT2D eigenvalue weighted by atomic mass is 9.93. The van der Waals surface area contributed by atoms with Gasteiger partial charge in [-0.2, -0.15) is 11.1 Å². The fourth-order valence-electron chi connectivity index (χ4n) is 0.231. The molecule has 0 amide bonds.